The fourth-order valence-corrected chi connectivity index (χ4v) is 0.926. The normalized spacial score (nSPS) is 10.3. The molecule has 0 N–H and O–H groups in total. The summed E-state index contributed by atoms with van der Waals surface area (Å²) in [6.07, 6.45) is 6.71. The average molecular weight is 155 g/mol. The Balaban J connectivity index is 2.04. The van der Waals surface area contributed by atoms with Gasteiger partial charge in [0.2, 0.25) is 0 Å². The molecule has 11 heavy (non-hydrogen) atoms. The van der Waals surface area contributed by atoms with Crippen LogP contribution in [0, 0.1) is 0 Å². The summed E-state index contributed by atoms with van der Waals surface area (Å²) in [6.45, 7) is 0.839. The maximum atomic E-state index is 4.92. The van der Waals surface area contributed by atoms with Crippen LogP contribution in [0.25, 0.3) is 0 Å². The summed E-state index contributed by atoms with van der Waals surface area (Å²) in [7, 11) is 1.72. The molecule has 0 unspecified atom stereocenters. The molecule has 0 aliphatic rings. The highest BCUT2D eigenvalue weighted by Crippen LogP contribution is 2.02. The zero-order valence-electron chi connectivity index (χ0n) is 6.75. The van der Waals surface area contributed by atoms with E-state index in [-0.39, 0.29) is 0 Å². The second-order valence-corrected chi connectivity index (χ2v) is 2.48. The predicted octanol–water partition coefficient (Wildman–Crippen LogP) is 1.64. The SMILES string of the molecule is COCCCCc1cnoc1. The Morgan fingerprint density at radius 3 is 3.09 bits per heavy atom. The molecule has 1 rings (SSSR count). The van der Waals surface area contributed by atoms with E-state index < -0.39 is 0 Å². The predicted molar refractivity (Wildman–Crippen MR) is 41.3 cm³/mol. The number of methoxy groups -OCH3 is 1. The van der Waals surface area contributed by atoms with E-state index in [2.05, 4.69) is 5.16 Å². The van der Waals surface area contributed by atoms with Gasteiger partial charge in [-0.1, -0.05) is 5.16 Å². The van der Waals surface area contributed by atoms with Crippen LogP contribution in [0.3, 0.4) is 0 Å². The van der Waals surface area contributed by atoms with E-state index >= 15 is 0 Å². The fourth-order valence-electron chi connectivity index (χ4n) is 0.926. The Hall–Kier alpha value is -0.830. The molecule has 0 amide bonds. The van der Waals surface area contributed by atoms with E-state index in [1.165, 1.54) is 5.56 Å². The van der Waals surface area contributed by atoms with Crippen LogP contribution >= 0.6 is 0 Å². The zero-order valence-corrected chi connectivity index (χ0v) is 6.75. The van der Waals surface area contributed by atoms with Crippen LogP contribution in [0.4, 0.5) is 0 Å². The monoisotopic (exact) mass is 155 g/mol. The van der Waals surface area contributed by atoms with Crippen LogP contribution in [0.1, 0.15) is 18.4 Å². The molecule has 0 aliphatic carbocycles. The third-order valence-corrected chi connectivity index (χ3v) is 1.55. The van der Waals surface area contributed by atoms with Gasteiger partial charge >= 0.3 is 0 Å². The highest BCUT2D eigenvalue weighted by Gasteiger charge is 1.94. The minimum absolute atomic E-state index is 0.839. The number of aromatic nitrogens is 1. The molecule has 0 bridgehead atoms. The lowest BCUT2D eigenvalue weighted by Gasteiger charge is -1.95. The van der Waals surface area contributed by atoms with Crippen LogP contribution in [0.2, 0.25) is 0 Å². The number of rotatable bonds is 5. The summed E-state index contributed by atoms with van der Waals surface area (Å²) in [5.74, 6) is 0. The third-order valence-electron chi connectivity index (χ3n) is 1.55. The summed E-state index contributed by atoms with van der Waals surface area (Å²) in [4.78, 5) is 0. The van der Waals surface area contributed by atoms with Crippen molar-refractivity contribution in [3.8, 4) is 0 Å². The van der Waals surface area contributed by atoms with Crippen molar-refractivity contribution in [2.24, 2.45) is 0 Å². The van der Waals surface area contributed by atoms with Gasteiger partial charge in [0.15, 0.2) is 0 Å². The molecule has 0 saturated carbocycles. The standard InChI is InChI=1S/C8H13NO2/c1-10-5-3-2-4-8-6-9-11-7-8/h6-7H,2-5H2,1H3. The van der Waals surface area contributed by atoms with Crippen molar-refractivity contribution in [2.45, 2.75) is 19.3 Å². The Kier molecular flexibility index (Phi) is 3.69. The summed E-state index contributed by atoms with van der Waals surface area (Å²) >= 11 is 0. The summed E-state index contributed by atoms with van der Waals surface area (Å²) < 4.78 is 9.61. The number of aryl methyl sites for hydroxylation is 1. The van der Waals surface area contributed by atoms with Crippen LogP contribution in [-0.2, 0) is 11.2 Å². The van der Waals surface area contributed by atoms with E-state index in [9.17, 15) is 0 Å². The van der Waals surface area contributed by atoms with Crippen LogP contribution in [-0.4, -0.2) is 18.9 Å². The Morgan fingerprint density at radius 2 is 2.45 bits per heavy atom. The number of ether oxygens (including phenoxy) is 1. The molecule has 0 saturated heterocycles. The largest absolute Gasteiger partial charge is 0.385 e. The Morgan fingerprint density at radius 1 is 1.55 bits per heavy atom. The highest BCUT2D eigenvalue weighted by molar-refractivity contribution is 4.99. The molecular weight excluding hydrogens is 142 g/mol. The van der Waals surface area contributed by atoms with Crippen molar-refractivity contribution >= 4 is 0 Å². The molecule has 1 heterocycles. The zero-order chi connectivity index (χ0) is 7.94. The van der Waals surface area contributed by atoms with Gasteiger partial charge in [0.25, 0.3) is 0 Å². The van der Waals surface area contributed by atoms with Crippen molar-refractivity contribution < 1.29 is 9.26 Å². The van der Waals surface area contributed by atoms with Gasteiger partial charge in [-0.15, -0.1) is 0 Å². The Labute approximate surface area is 66.3 Å². The lowest BCUT2D eigenvalue weighted by molar-refractivity contribution is 0.193. The van der Waals surface area contributed by atoms with Gasteiger partial charge < -0.3 is 9.26 Å². The minimum Gasteiger partial charge on any atom is -0.385 e. The smallest absolute Gasteiger partial charge is 0.126 e. The Bertz CT molecular complexity index is 172. The molecule has 0 radical (unpaired) electrons. The van der Waals surface area contributed by atoms with Gasteiger partial charge in [0.1, 0.15) is 6.26 Å². The molecule has 62 valence electrons. The van der Waals surface area contributed by atoms with Crippen LogP contribution in [0.5, 0.6) is 0 Å². The fraction of sp³-hybridized carbons (Fsp3) is 0.625. The number of nitrogens with zero attached hydrogens (tertiary/aromatic N) is 1. The quantitative estimate of drug-likeness (QED) is 0.606. The van der Waals surface area contributed by atoms with Gasteiger partial charge in [-0.2, -0.15) is 0 Å². The van der Waals surface area contributed by atoms with Crippen LogP contribution < -0.4 is 0 Å². The molecule has 3 heteroatoms. The van der Waals surface area contributed by atoms with Gasteiger partial charge in [0.05, 0.1) is 6.20 Å². The van der Waals surface area contributed by atoms with Crippen molar-refractivity contribution in [2.75, 3.05) is 13.7 Å². The van der Waals surface area contributed by atoms with Gasteiger partial charge in [0, 0.05) is 19.3 Å². The van der Waals surface area contributed by atoms with Crippen LogP contribution in [0.15, 0.2) is 17.0 Å². The number of hydrogen-bond acceptors (Lipinski definition) is 3. The molecule has 0 aliphatic heterocycles. The van der Waals surface area contributed by atoms with E-state index in [1.807, 2.05) is 0 Å². The first-order chi connectivity index (χ1) is 5.43. The van der Waals surface area contributed by atoms with E-state index in [1.54, 1.807) is 19.6 Å². The van der Waals surface area contributed by atoms with E-state index in [4.69, 9.17) is 9.26 Å². The van der Waals surface area contributed by atoms with Crippen molar-refractivity contribution in [1.29, 1.82) is 0 Å². The summed E-state index contributed by atoms with van der Waals surface area (Å²) in [5, 5.41) is 3.61. The summed E-state index contributed by atoms with van der Waals surface area (Å²) in [6, 6.07) is 0. The lowest BCUT2D eigenvalue weighted by Crippen LogP contribution is -1.89. The maximum absolute atomic E-state index is 4.92. The molecular formula is C8H13NO2. The van der Waals surface area contributed by atoms with E-state index in [0.717, 1.165) is 25.9 Å². The maximum Gasteiger partial charge on any atom is 0.126 e. The number of unbranched alkanes of at least 4 members (excludes halogenated alkanes) is 1. The van der Waals surface area contributed by atoms with Crippen molar-refractivity contribution in [1.82, 2.24) is 5.16 Å². The second kappa shape index (κ2) is 4.91. The topological polar surface area (TPSA) is 35.3 Å². The average Bonchev–Trinajstić information content (AvgIpc) is 2.50. The van der Waals surface area contributed by atoms with Crippen molar-refractivity contribution in [3.05, 3.63) is 18.0 Å². The number of hydrogen-bond donors (Lipinski definition) is 0. The lowest BCUT2D eigenvalue weighted by atomic mass is 10.2. The minimum atomic E-state index is 0.839. The molecule has 3 nitrogen and oxygen atoms in total. The summed E-state index contributed by atoms with van der Waals surface area (Å²) in [5.41, 5.74) is 1.17. The molecule has 1 aromatic heterocycles. The molecule has 0 fully saturated rings. The van der Waals surface area contributed by atoms with E-state index in [0.29, 0.717) is 0 Å². The van der Waals surface area contributed by atoms with Crippen molar-refractivity contribution in [3.63, 3.8) is 0 Å². The first-order valence-corrected chi connectivity index (χ1v) is 3.80. The van der Waals surface area contributed by atoms with Gasteiger partial charge in [-0.25, -0.2) is 0 Å². The second-order valence-electron chi connectivity index (χ2n) is 2.48. The third kappa shape index (κ3) is 3.18. The molecule has 0 spiro atoms. The molecule has 0 aromatic carbocycles. The van der Waals surface area contributed by atoms with Gasteiger partial charge in [-0.3, -0.25) is 0 Å². The molecule has 0 atom stereocenters. The van der Waals surface area contributed by atoms with Gasteiger partial charge in [-0.05, 0) is 19.3 Å². The first kappa shape index (κ1) is 8.27. The molecule has 1 aromatic rings. The highest BCUT2D eigenvalue weighted by atomic mass is 16.5. The first-order valence-electron chi connectivity index (χ1n) is 3.80.